The Hall–Kier alpha value is -1.47. The van der Waals surface area contributed by atoms with E-state index in [1.54, 1.807) is 4.90 Å². The fourth-order valence-corrected chi connectivity index (χ4v) is 2.63. The van der Waals surface area contributed by atoms with E-state index in [9.17, 15) is 9.59 Å². The number of amides is 1. The smallest absolute Gasteiger partial charge is 0.355 e. The molecule has 0 saturated heterocycles. The number of aromatic nitrogens is 1. The van der Waals surface area contributed by atoms with Gasteiger partial charge in [0.1, 0.15) is 0 Å². The molecule has 0 aliphatic rings. The summed E-state index contributed by atoms with van der Waals surface area (Å²) < 4.78 is 0. The molecule has 0 saturated carbocycles. The average molecular weight is 286 g/mol. The quantitative estimate of drug-likeness (QED) is 0.792. The van der Waals surface area contributed by atoms with E-state index in [1.165, 1.54) is 5.38 Å². The molecule has 0 fully saturated rings. The van der Waals surface area contributed by atoms with Crippen LogP contribution in [0.4, 0.5) is 0 Å². The fraction of sp³-hybridized carbons (Fsp3) is 0.583. The Kier molecular flexibility index (Phi) is 5.91. The molecule has 1 heterocycles. The molecule has 1 rings (SSSR count). The Labute approximate surface area is 115 Å². The van der Waals surface area contributed by atoms with Crippen molar-refractivity contribution in [1.82, 2.24) is 9.88 Å². The number of aliphatic hydroxyl groups excluding tert-OH is 1. The minimum atomic E-state index is -1.15. The Morgan fingerprint density at radius 2 is 2.05 bits per heavy atom. The van der Waals surface area contributed by atoms with Crippen molar-refractivity contribution in [2.24, 2.45) is 0 Å². The molecule has 0 unspecified atom stereocenters. The van der Waals surface area contributed by atoms with Crippen LogP contribution in [0.25, 0.3) is 0 Å². The summed E-state index contributed by atoms with van der Waals surface area (Å²) in [7, 11) is 0. The lowest BCUT2D eigenvalue weighted by molar-refractivity contribution is 0.0621. The van der Waals surface area contributed by atoms with Gasteiger partial charge < -0.3 is 15.1 Å². The van der Waals surface area contributed by atoms with Crippen LogP contribution in [-0.2, 0) is 0 Å². The monoisotopic (exact) mass is 286 g/mol. The van der Waals surface area contributed by atoms with Crippen molar-refractivity contribution in [3.05, 3.63) is 16.1 Å². The number of aliphatic hydroxyl groups is 1. The lowest BCUT2D eigenvalue weighted by atomic mass is 10.1. The molecule has 6 nitrogen and oxygen atoms in total. The van der Waals surface area contributed by atoms with Gasteiger partial charge in [-0.05, 0) is 12.8 Å². The van der Waals surface area contributed by atoms with E-state index in [2.05, 4.69) is 4.98 Å². The second kappa shape index (κ2) is 7.20. The Morgan fingerprint density at radius 3 is 2.47 bits per heavy atom. The summed E-state index contributed by atoms with van der Waals surface area (Å²) in [4.78, 5) is 28.4. The zero-order valence-corrected chi connectivity index (χ0v) is 11.8. The minimum absolute atomic E-state index is 0.0248. The molecule has 0 aliphatic heterocycles. The van der Waals surface area contributed by atoms with Crippen LogP contribution >= 0.6 is 11.3 Å². The lowest BCUT2D eigenvalue weighted by Crippen LogP contribution is -2.41. The highest BCUT2D eigenvalue weighted by molar-refractivity contribution is 7.11. The lowest BCUT2D eigenvalue weighted by Gasteiger charge is -2.29. The van der Waals surface area contributed by atoms with Crippen LogP contribution < -0.4 is 0 Å². The number of carboxylic acids is 1. The SMILES string of the molecule is CCC(CC)N(CCO)C(=O)c1nc(C(=O)O)cs1. The third kappa shape index (κ3) is 3.74. The fourth-order valence-electron chi connectivity index (χ4n) is 1.88. The Bertz CT molecular complexity index is 443. The molecule has 0 radical (unpaired) electrons. The van der Waals surface area contributed by atoms with Crippen LogP contribution in [0.15, 0.2) is 5.38 Å². The van der Waals surface area contributed by atoms with E-state index in [-0.39, 0.29) is 35.8 Å². The van der Waals surface area contributed by atoms with Crippen molar-refractivity contribution in [2.45, 2.75) is 32.7 Å². The van der Waals surface area contributed by atoms with E-state index >= 15 is 0 Å². The van der Waals surface area contributed by atoms with Gasteiger partial charge in [0, 0.05) is 18.0 Å². The second-order valence-corrected chi connectivity index (χ2v) is 4.89. The van der Waals surface area contributed by atoms with Crippen LogP contribution in [0.5, 0.6) is 0 Å². The predicted octanol–water partition coefficient (Wildman–Crippen LogP) is 1.46. The van der Waals surface area contributed by atoms with Crippen LogP contribution in [0.1, 0.15) is 47.0 Å². The Balaban J connectivity index is 2.94. The molecule has 0 aromatic carbocycles. The Morgan fingerprint density at radius 1 is 1.42 bits per heavy atom. The van der Waals surface area contributed by atoms with Gasteiger partial charge in [-0.3, -0.25) is 4.79 Å². The van der Waals surface area contributed by atoms with Crippen molar-refractivity contribution in [1.29, 1.82) is 0 Å². The molecule has 2 N–H and O–H groups in total. The number of hydrogen-bond acceptors (Lipinski definition) is 5. The number of rotatable bonds is 7. The van der Waals surface area contributed by atoms with Crippen LogP contribution in [0.2, 0.25) is 0 Å². The molecule has 1 aromatic rings. The first-order chi connectivity index (χ1) is 9.04. The van der Waals surface area contributed by atoms with Gasteiger partial charge in [0.2, 0.25) is 0 Å². The number of hydrogen-bond donors (Lipinski definition) is 2. The maximum absolute atomic E-state index is 12.3. The van der Waals surface area contributed by atoms with Crippen LogP contribution in [-0.4, -0.2) is 51.2 Å². The third-order valence-electron chi connectivity index (χ3n) is 2.89. The van der Waals surface area contributed by atoms with Gasteiger partial charge in [0.05, 0.1) is 6.61 Å². The summed E-state index contributed by atoms with van der Waals surface area (Å²) in [5, 5.41) is 19.4. The first-order valence-electron chi connectivity index (χ1n) is 6.15. The molecule has 0 spiro atoms. The van der Waals surface area contributed by atoms with Gasteiger partial charge >= 0.3 is 5.97 Å². The molecule has 1 amide bonds. The van der Waals surface area contributed by atoms with Crippen molar-refractivity contribution in [3.8, 4) is 0 Å². The van der Waals surface area contributed by atoms with Gasteiger partial charge in [-0.2, -0.15) is 0 Å². The first kappa shape index (κ1) is 15.6. The predicted molar refractivity (Wildman–Crippen MR) is 71.6 cm³/mol. The van der Waals surface area contributed by atoms with Crippen molar-refractivity contribution in [3.63, 3.8) is 0 Å². The number of carbonyl (C=O) groups excluding carboxylic acids is 1. The summed E-state index contributed by atoms with van der Waals surface area (Å²) in [6.07, 6.45) is 1.55. The van der Waals surface area contributed by atoms with Gasteiger partial charge in [0.25, 0.3) is 5.91 Å². The molecule has 0 atom stereocenters. The van der Waals surface area contributed by atoms with E-state index in [0.29, 0.717) is 0 Å². The number of nitrogens with zero attached hydrogens (tertiary/aromatic N) is 2. The molecular weight excluding hydrogens is 268 g/mol. The maximum atomic E-state index is 12.3. The van der Waals surface area contributed by atoms with E-state index < -0.39 is 5.97 Å². The molecule has 19 heavy (non-hydrogen) atoms. The number of aromatic carboxylic acids is 1. The average Bonchev–Trinajstić information content (AvgIpc) is 2.88. The van der Waals surface area contributed by atoms with E-state index in [1.807, 2.05) is 13.8 Å². The standard InChI is InChI=1S/C12H18N2O4S/c1-3-8(4-2)14(5-6-15)11(16)10-13-9(7-19-10)12(17)18/h7-8,15H,3-6H2,1-2H3,(H,17,18). The summed E-state index contributed by atoms with van der Waals surface area (Å²) in [5.74, 6) is -1.47. The minimum Gasteiger partial charge on any atom is -0.476 e. The van der Waals surface area contributed by atoms with Crippen molar-refractivity contribution in [2.75, 3.05) is 13.2 Å². The van der Waals surface area contributed by atoms with Crippen LogP contribution in [0.3, 0.4) is 0 Å². The molecule has 0 aliphatic carbocycles. The highest BCUT2D eigenvalue weighted by atomic mass is 32.1. The van der Waals surface area contributed by atoms with Gasteiger partial charge in [0.15, 0.2) is 10.7 Å². The molecule has 0 bridgehead atoms. The molecule has 1 aromatic heterocycles. The van der Waals surface area contributed by atoms with Gasteiger partial charge in [-0.1, -0.05) is 13.8 Å². The first-order valence-corrected chi connectivity index (χ1v) is 7.03. The summed E-state index contributed by atoms with van der Waals surface area (Å²) in [6.45, 7) is 4.04. The molecule has 106 valence electrons. The highest BCUT2D eigenvalue weighted by Crippen LogP contribution is 2.17. The summed E-state index contributed by atoms with van der Waals surface area (Å²) in [5.41, 5.74) is -0.123. The number of thiazole rings is 1. The number of carboxylic acid groups (broad SMARTS) is 1. The third-order valence-corrected chi connectivity index (χ3v) is 3.72. The van der Waals surface area contributed by atoms with Crippen molar-refractivity contribution >= 4 is 23.2 Å². The largest absolute Gasteiger partial charge is 0.476 e. The topological polar surface area (TPSA) is 90.7 Å². The highest BCUT2D eigenvalue weighted by Gasteiger charge is 2.25. The van der Waals surface area contributed by atoms with Crippen LogP contribution in [0, 0.1) is 0 Å². The molecular formula is C12H18N2O4S. The molecule has 7 heteroatoms. The van der Waals surface area contributed by atoms with E-state index in [4.69, 9.17) is 10.2 Å². The summed E-state index contributed by atoms with van der Waals surface area (Å²) in [6, 6.07) is 0.0248. The maximum Gasteiger partial charge on any atom is 0.355 e. The zero-order valence-electron chi connectivity index (χ0n) is 11.0. The zero-order chi connectivity index (χ0) is 14.4. The van der Waals surface area contributed by atoms with Gasteiger partial charge in [-0.25, -0.2) is 9.78 Å². The van der Waals surface area contributed by atoms with Crippen molar-refractivity contribution < 1.29 is 19.8 Å². The second-order valence-electron chi connectivity index (χ2n) is 4.04. The summed E-state index contributed by atoms with van der Waals surface area (Å²) >= 11 is 1.01. The van der Waals surface area contributed by atoms with E-state index in [0.717, 1.165) is 24.2 Å². The normalized spacial score (nSPS) is 10.7. The van der Waals surface area contributed by atoms with Gasteiger partial charge in [-0.15, -0.1) is 11.3 Å². The number of carbonyl (C=O) groups is 2.